The van der Waals surface area contributed by atoms with Crippen molar-refractivity contribution in [3.8, 4) is 0 Å². The number of carbonyl (C=O) groups excluding carboxylic acids is 1. The number of amides is 1. The zero-order chi connectivity index (χ0) is 13.7. The summed E-state index contributed by atoms with van der Waals surface area (Å²) in [5.41, 5.74) is 0.959. The fourth-order valence-electron chi connectivity index (χ4n) is 2.48. The van der Waals surface area contributed by atoms with Gasteiger partial charge in [-0.2, -0.15) is 0 Å². The monoisotopic (exact) mass is 300 g/mol. The summed E-state index contributed by atoms with van der Waals surface area (Å²) in [5, 5.41) is 3.23. The Bertz CT molecular complexity index is 436. The molecule has 1 unspecified atom stereocenters. The SMILES string of the molecule is CC(CC(=O)N1CCNCC1)Cc1cccc(F)c1.Cl. The molecule has 0 radical (unpaired) electrons. The highest BCUT2D eigenvalue weighted by Gasteiger charge is 2.18. The predicted octanol–water partition coefficient (Wildman–Crippen LogP) is 2.25. The number of nitrogens with one attached hydrogen (secondary N) is 1. The Balaban J connectivity index is 0.00000200. The molecule has 0 saturated carbocycles. The highest BCUT2D eigenvalue weighted by molar-refractivity contribution is 5.85. The van der Waals surface area contributed by atoms with E-state index >= 15 is 0 Å². The molecule has 3 nitrogen and oxygen atoms in total. The van der Waals surface area contributed by atoms with Gasteiger partial charge in [0.2, 0.25) is 5.91 Å². The van der Waals surface area contributed by atoms with Crippen LogP contribution in [0.1, 0.15) is 18.9 Å². The largest absolute Gasteiger partial charge is 0.340 e. The van der Waals surface area contributed by atoms with Crippen LogP contribution in [0.5, 0.6) is 0 Å². The standard InChI is InChI=1S/C15H21FN2O.ClH/c1-12(9-13-3-2-4-14(16)11-13)10-15(19)18-7-5-17-6-8-18;/h2-4,11-12,17H,5-10H2,1H3;1H. The van der Waals surface area contributed by atoms with Gasteiger partial charge in [-0.15, -0.1) is 12.4 Å². The van der Waals surface area contributed by atoms with Crippen LogP contribution in [0, 0.1) is 11.7 Å². The Morgan fingerprint density at radius 1 is 1.40 bits per heavy atom. The molecule has 0 aromatic heterocycles. The summed E-state index contributed by atoms with van der Waals surface area (Å²) in [7, 11) is 0. The van der Waals surface area contributed by atoms with Gasteiger partial charge in [0.25, 0.3) is 0 Å². The molecule has 0 spiro atoms. The van der Waals surface area contributed by atoms with E-state index in [1.807, 2.05) is 17.9 Å². The van der Waals surface area contributed by atoms with E-state index in [9.17, 15) is 9.18 Å². The summed E-state index contributed by atoms with van der Waals surface area (Å²) in [6.45, 7) is 5.40. The number of rotatable bonds is 4. The van der Waals surface area contributed by atoms with Crippen LogP contribution in [0.25, 0.3) is 0 Å². The van der Waals surface area contributed by atoms with Gasteiger partial charge in [-0.25, -0.2) is 4.39 Å². The number of benzene rings is 1. The molecule has 5 heteroatoms. The summed E-state index contributed by atoms with van der Waals surface area (Å²) < 4.78 is 13.1. The molecule has 1 amide bonds. The van der Waals surface area contributed by atoms with Gasteiger partial charge in [-0.05, 0) is 30.0 Å². The van der Waals surface area contributed by atoms with E-state index in [1.54, 1.807) is 12.1 Å². The first-order chi connectivity index (χ1) is 9.15. The van der Waals surface area contributed by atoms with E-state index in [2.05, 4.69) is 5.32 Å². The topological polar surface area (TPSA) is 32.3 Å². The molecule has 0 aliphatic carbocycles. The van der Waals surface area contributed by atoms with E-state index in [1.165, 1.54) is 6.07 Å². The van der Waals surface area contributed by atoms with Crippen molar-refractivity contribution in [2.45, 2.75) is 19.8 Å². The zero-order valence-electron chi connectivity index (χ0n) is 11.8. The van der Waals surface area contributed by atoms with Gasteiger partial charge < -0.3 is 10.2 Å². The van der Waals surface area contributed by atoms with Gasteiger partial charge in [-0.1, -0.05) is 19.1 Å². The van der Waals surface area contributed by atoms with Gasteiger partial charge >= 0.3 is 0 Å². The first kappa shape index (κ1) is 16.9. The van der Waals surface area contributed by atoms with Crippen molar-refractivity contribution in [1.82, 2.24) is 10.2 Å². The lowest BCUT2D eigenvalue weighted by atomic mass is 9.97. The molecule has 1 atom stereocenters. The van der Waals surface area contributed by atoms with E-state index in [-0.39, 0.29) is 30.0 Å². The summed E-state index contributed by atoms with van der Waals surface area (Å²) in [6.07, 6.45) is 1.28. The normalized spacial score (nSPS) is 16.4. The van der Waals surface area contributed by atoms with Crippen LogP contribution in [0.4, 0.5) is 4.39 Å². The van der Waals surface area contributed by atoms with Crippen LogP contribution in [-0.2, 0) is 11.2 Å². The van der Waals surface area contributed by atoms with Gasteiger partial charge in [0.15, 0.2) is 0 Å². The van der Waals surface area contributed by atoms with Crippen molar-refractivity contribution in [1.29, 1.82) is 0 Å². The number of hydrogen-bond acceptors (Lipinski definition) is 2. The first-order valence-corrected chi connectivity index (χ1v) is 6.88. The number of halogens is 2. The number of nitrogens with zero attached hydrogens (tertiary/aromatic N) is 1. The van der Waals surface area contributed by atoms with Crippen molar-refractivity contribution < 1.29 is 9.18 Å². The lowest BCUT2D eigenvalue weighted by molar-refractivity contribution is -0.132. The fourth-order valence-corrected chi connectivity index (χ4v) is 2.48. The molecular weight excluding hydrogens is 279 g/mol. The number of hydrogen-bond donors (Lipinski definition) is 1. The summed E-state index contributed by atoms with van der Waals surface area (Å²) in [4.78, 5) is 14.0. The minimum Gasteiger partial charge on any atom is -0.340 e. The minimum absolute atomic E-state index is 0. The lowest BCUT2D eigenvalue weighted by Gasteiger charge is -2.28. The first-order valence-electron chi connectivity index (χ1n) is 6.88. The highest BCUT2D eigenvalue weighted by Crippen LogP contribution is 2.14. The Labute approximate surface area is 125 Å². The quantitative estimate of drug-likeness (QED) is 0.925. The van der Waals surface area contributed by atoms with Crippen LogP contribution in [0.3, 0.4) is 0 Å². The third-order valence-electron chi connectivity index (χ3n) is 3.47. The number of carbonyl (C=O) groups is 1. The smallest absolute Gasteiger partial charge is 0.222 e. The maximum atomic E-state index is 13.1. The van der Waals surface area contributed by atoms with Crippen molar-refractivity contribution in [3.05, 3.63) is 35.6 Å². The molecule has 20 heavy (non-hydrogen) atoms. The Hall–Kier alpha value is -1.13. The third-order valence-corrected chi connectivity index (χ3v) is 3.47. The highest BCUT2D eigenvalue weighted by atomic mass is 35.5. The Morgan fingerprint density at radius 3 is 2.75 bits per heavy atom. The molecule has 1 aromatic carbocycles. The van der Waals surface area contributed by atoms with Crippen LogP contribution >= 0.6 is 12.4 Å². The number of piperazine rings is 1. The zero-order valence-corrected chi connectivity index (χ0v) is 12.6. The van der Waals surface area contributed by atoms with Crippen LogP contribution in [0.15, 0.2) is 24.3 Å². The van der Waals surface area contributed by atoms with Gasteiger partial charge in [0.1, 0.15) is 5.82 Å². The van der Waals surface area contributed by atoms with Gasteiger partial charge in [-0.3, -0.25) is 4.79 Å². The lowest BCUT2D eigenvalue weighted by Crippen LogP contribution is -2.46. The predicted molar refractivity (Wildman–Crippen MR) is 80.6 cm³/mol. The maximum Gasteiger partial charge on any atom is 0.222 e. The van der Waals surface area contributed by atoms with Gasteiger partial charge in [0.05, 0.1) is 0 Å². The Kier molecular flexibility index (Phi) is 6.96. The van der Waals surface area contributed by atoms with Crippen molar-refractivity contribution in [2.75, 3.05) is 26.2 Å². The van der Waals surface area contributed by atoms with E-state index in [4.69, 9.17) is 0 Å². The summed E-state index contributed by atoms with van der Waals surface area (Å²) in [5.74, 6) is 0.243. The average Bonchev–Trinajstić information content (AvgIpc) is 2.39. The molecular formula is C15H22ClFN2O. The second-order valence-corrected chi connectivity index (χ2v) is 5.27. The van der Waals surface area contributed by atoms with E-state index in [0.29, 0.717) is 6.42 Å². The molecule has 1 heterocycles. The molecule has 0 bridgehead atoms. The van der Waals surface area contributed by atoms with E-state index in [0.717, 1.165) is 38.2 Å². The fraction of sp³-hybridized carbons (Fsp3) is 0.533. The van der Waals surface area contributed by atoms with Crippen LogP contribution in [0.2, 0.25) is 0 Å². The summed E-state index contributed by atoms with van der Waals surface area (Å²) in [6, 6.07) is 6.62. The summed E-state index contributed by atoms with van der Waals surface area (Å²) >= 11 is 0. The molecule has 1 aromatic rings. The molecule has 1 N–H and O–H groups in total. The van der Waals surface area contributed by atoms with Crippen molar-refractivity contribution in [2.24, 2.45) is 5.92 Å². The molecule has 112 valence electrons. The van der Waals surface area contributed by atoms with Crippen LogP contribution in [-0.4, -0.2) is 37.0 Å². The van der Waals surface area contributed by atoms with Crippen LogP contribution < -0.4 is 5.32 Å². The molecule has 1 saturated heterocycles. The second-order valence-electron chi connectivity index (χ2n) is 5.27. The second kappa shape index (κ2) is 8.22. The average molecular weight is 301 g/mol. The van der Waals surface area contributed by atoms with Gasteiger partial charge in [0, 0.05) is 32.6 Å². The minimum atomic E-state index is -0.210. The van der Waals surface area contributed by atoms with Crippen molar-refractivity contribution >= 4 is 18.3 Å². The third kappa shape index (κ3) is 5.10. The maximum absolute atomic E-state index is 13.1. The molecule has 1 aliphatic rings. The molecule has 1 aliphatic heterocycles. The molecule has 2 rings (SSSR count). The Morgan fingerprint density at radius 2 is 2.10 bits per heavy atom. The van der Waals surface area contributed by atoms with Crippen molar-refractivity contribution in [3.63, 3.8) is 0 Å². The molecule has 1 fully saturated rings. The van der Waals surface area contributed by atoms with E-state index < -0.39 is 0 Å².